The van der Waals surface area contributed by atoms with E-state index < -0.39 is 25.4 Å². The highest BCUT2D eigenvalue weighted by Gasteiger charge is 2.27. The van der Waals surface area contributed by atoms with E-state index in [9.17, 15) is 18.0 Å². The van der Waals surface area contributed by atoms with Crippen LogP contribution in [0.1, 0.15) is 10.4 Å². The molecular weight excluding hydrogens is 358 g/mol. The SMILES string of the molecule is O=C(Nc1cnn(COCC(F)(F)F)c1)c1cccc(Cl)c1Cl. The standard InChI is InChI=1S/C13H10Cl2F3N3O2/c14-10-3-1-2-9(11(10)15)12(22)20-8-4-19-21(5-8)7-23-6-13(16,17)18/h1-5H,6-7H2,(H,20,22). The molecule has 0 aliphatic heterocycles. The molecule has 124 valence electrons. The van der Waals surface area contributed by atoms with Crippen LogP contribution in [0.5, 0.6) is 0 Å². The van der Waals surface area contributed by atoms with Crippen molar-refractivity contribution >= 4 is 34.8 Å². The van der Waals surface area contributed by atoms with Gasteiger partial charge in [-0.2, -0.15) is 18.3 Å². The quantitative estimate of drug-likeness (QED) is 0.869. The lowest BCUT2D eigenvalue weighted by Gasteiger charge is -2.07. The van der Waals surface area contributed by atoms with Crippen molar-refractivity contribution < 1.29 is 22.7 Å². The van der Waals surface area contributed by atoms with Gasteiger partial charge < -0.3 is 10.1 Å². The molecule has 0 bridgehead atoms. The average molecular weight is 368 g/mol. The first kappa shape index (κ1) is 17.6. The minimum absolute atomic E-state index is 0.104. The van der Waals surface area contributed by atoms with E-state index >= 15 is 0 Å². The number of nitrogens with zero attached hydrogens (tertiary/aromatic N) is 2. The van der Waals surface area contributed by atoms with Crippen molar-refractivity contribution in [3.05, 3.63) is 46.2 Å². The number of ether oxygens (including phenoxy) is 1. The number of carbonyl (C=O) groups excluding carboxylic acids is 1. The first-order valence-corrected chi connectivity index (χ1v) is 6.94. The Labute approximate surface area is 138 Å². The Balaban J connectivity index is 1.96. The molecule has 5 nitrogen and oxygen atoms in total. The molecule has 1 aromatic carbocycles. The molecule has 0 fully saturated rings. The van der Waals surface area contributed by atoms with Crippen LogP contribution in [-0.4, -0.2) is 28.5 Å². The molecule has 0 aliphatic carbocycles. The Hall–Kier alpha value is -1.77. The fourth-order valence-electron chi connectivity index (χ4n) is 1.63. The minimum atomic E-state index is -4.41. The molecule has 0 saturated heterocycles. The van der Waals surface area contributed by atoms with Crippen molar-refractivity contribution in [2.24, 2.45) is 0 Å². The van der Waals surface area contributed by atoms with E-state index in [1.165, 1.54) is 24.5 Å². The Morgan fingerprint density at radius 3 is 2.78 bits per heavy atom. The van der Waals surface area contributed by atoms with Crippen LogP contribution in [0.2, 0.25) is 10.0 Å². The number of anilines is 1. The molecule has 0 radical (unpaired) electrons. The van der Waals surface area contributed by atoms with Gasteiger partial charge in [0.1, 0.15) is 13.3 Å². The Kier molecular flexibility index (Phi) is 5.51. The fraction of sp³-hybridized carbons (Fsp3) is 0.231. The van der Waals surface area contributed by atoms with E-state index in [0.717, 1.165) is 4.68 Å². The highest BCUT2D eigenvalue weighted by molar-refractivity contribution is 6.44. The van der Waals surface area contributed by atoms with Gasteiger partial charge in [-0.1, -0.05) is 29.3 Å². The minimum Gasteiger partial charge on any atom is -0.350 e. The summed E-state index contributed by atoms with van der Waals surface area (Å²) in [5.74, 6) is -0.520. The Morgan fingerprint density at radius 2 is 2.09 bits per heavy atom. The summed E-state index contributed by atoms with van der Waals surface area (Å²) >= 11 is 11.8. The van der Waals surface area contributed by atoms with Gasteiger partial charge in [0, 0.05) is 0 Å². The molecule has 10 heteroatoms. The average Bonchev–Trinajstić information content (AvgIpc) is 2.88. The zero-order valence-electron chi connectivity index (χ0n) is 11.4. The Morgan fingerprint density at radius 1 is 1.35 bits per heavy atom. The highest BCUT2D eigenvalue weighted by atomic mass is 35.5. The van der Waals surface area contributed by atoms with Crippen molar-refractivity contribution in [3.8, 4) is 0 Å². The van der Waals surface area contributed by atoms with Crippen LogP contribution in [0.3, 0.4) is 0 Å². The molecule has 0 atom stereocenters. The van der Waals surface area contributed by atoms with Crippen LogP contribution in [0.4, 0.5) is 18.9 Å². The van der Waals surface area contributed by atoms with E-state index in [2.05, 4.69) is 15.2 Å². The largest absolute Gasteiger partial charge is 0.411 e. The number of hydrogen-bond donors (Lipinski definition) is 1. The first-order valence-electron chi connectivity index (χ1n) is 6.18. The maximum Gasteiger partial charge on any atom is 0.411 e. The molecule has 1 aromatic heterocycles. The summed E-state index contributed by atoms with van der Waals surface area (Å²) in [6.07, 6.45) is -1.81. The van der Waals surface area contributed by atoms with Gasteiger partial charge in [0.25, 0.3) is 5.91 Å². The number of rotatable bonds is 5. The zero-order chi connectivity index (χ0) is 17.0. The van der Waals surface area contributed by atoms with Gasteiger partial charge in [-0.15, -0.1) is 0 Å². The number of halogens is 5. The summed E-state index contributed by atoms with van der Waals surface area (Å²) in [7, 11) is 0. The van der Waals surface area contributed by atoms with Crippen molar-refractivity contribution in [2.45, 2.75) is 12.9 Å². The molecule has 2 aromatic rings. The topological polar surface area (TPSA) is 56.2 Å². The third-order valence-corrected chi connectivity index (χ3v) is 3.40. The zero-order valence-corrected chi connectivity index (χ0v) is 12.9. The fourth-order valence-corrected chi connectivity index (χ4v) is 2.02. The highest BCUT2D eigenvalue weighted by Crippen LogP contribution is 2.26. The summed E-state index contributed by atoms with van der Waals surface area (Å²) < 4.78 is 41.4. The molecule has 23 heavy (non-hydrogen) atoms. The van der Waals surface area contributed by atoms with Crippen molar-refractivity contribution in [2.75, 3.05) is 11.9 Å². The molecule has 0 saturated carbocycles. The van der Waals surface area contributed by atoms with Gasteiger partial charge in [0.05, 0.1) is 33.7 Å². The predicted molar refractivity (Wildman–Crippen MR) is 78.6 cm³/mol. The molecular formula is C13H10Cl2F3N3O2. The summed E-state index contributed by atoms with van der Waals surface area (Å²) in [4.78, 5) is 12.1. The lowest BCUT2D eigenvalue weighted by molar-refractivity contribution is -0.182. The van der Waals surface area contributed by atoms with E-state index in [4.69, 9.17) is 23.2 Å². The van der Waals surface area contributed by atoms with Gasteiger partial charge in [-0.25, -0.2) is 4.68 Å². The van der Waals surface area contributed by atoms with Gasteiger partial charge in [-0.3, -0.25) is 4.79 Å². The molecule has 0 spiro atoms. The summed E-state index contributed by atoms with van der Waals surface area (Å²) in [6, 6.07) is 4.59. The monoisotopic (exact) mass is 367 g/mol. The Bertz CT molecular complexity index is 704. The number of alkyl halides is 3. The van der Waals surface area contributed by atoms with Crippen molar-refractivity contribution in [3.63, 3.8) is 0 Å². The lowest BCUT2D eigenvalue weighted by atomic mass is 10.2. The normalized spacial score (nSPS) is 11.5. The number of amides is 1. The number of carbonyl (C=O) groups is 1. The second-order valence-corrected chi connectivity index (χ2v) is 5.20. The van der Waals surface area contributed by atoms with E-state index in [1.54, 1.807) is 6.07 Å². The van der Waals surface area contributed by atoms with E-state index in [0.29, 0.717) is 0 Å². The molecule has 1 amide bonds. The van der Waals surface area contributed by atoms with Gasteiger partial charge in [0.2, 0.25) is 0 Å². The third kappa shape index (κ3) is 5.12. The van der Waals surface area contributed by atoms with Gasteiger partial charge >= 0.3 is 6.18 Å². The second-order valence-electron chi connectivity index (χ2n) is 4.42. The molecule has 0 aliphatic rings. The van der Waals surface area contributed by atoms with Gasteiger partial charge in [-0.05, 0) is 12.1 Å². The molecule has 1 heterocycles. The van der Waals surface area contributed by atoms with Crippen LogP contribution >= 0.6 is 23.2 Å². The lowest BCUT2D eigenvalue weighted by Crippen LogP contribution is -2.18. The maximum absolute atomic E-state index is 12.1. The van der Waals surface area contributed by atoms with E-state index in [1.807, 2.05) is 0 Å². The molecule has 2 rings (SSSR count). The van der Waals surface area contributed by atoms with Crippen LogP contribution in [0.25, 0.3) is 0 Å². The van der Waals surface area contributed by atoms with Crippen LogP contribution in [0, 0.1) is 0 Å². The molecule has 0 unspecified atom stereocenters. The summed E-state index contributed by atoms with van der Waals surface area (Å²) in [5, 5.41) is 6.62. The van der Waals surface area contributed by atoms with Crippen LogP contribution < -0.4 is 5.32 Å². The van der Waals surface area contributed by atoms with Crippen molar-refractivity contribution in [1.29, 1.82) is 0 Å². The number of nitrogens with one attached hydrogen (secondary N) is 1. The predicted octanol–water partition coefficient (Wildman–Crippen LogP) is 3.98. The second kappa shape index (κ2) is 7.20. The van der Waals surface area contributed by atoms with Crippen LogP contribution in [0.15, 0.2) is 30.6 Å². The van der Waals surface area contributed by atoms with Gasteiger partial charge in [0.15, 0.2) is 0 Å². The number of benzene rings is 1. The van der Waals surface area contributed by atoms with E-state index in [-0.39, 0.29) is 21.3 Å². The van der Waals surface area contributed by atoms with Crippen molar-refractivity contribution in [1.82, 2.24) is 9.78 Å². The summed E-state index contributed by atoms with van der Waals surface area (Å²) in [5.41, 5.74) is 0.446. The summed E-state index contributed by atoms with van der Waals surface area (Å²) in [6.45, 7) is -1.78. The first-order chi connectivity index (χ1) is 10.8. The third-order valence-electron chi connectivity index (χ3n) is 2.58. The molecule has 1 N–H and O–H groups in total. The van der Waals surface area contributed by atoms with Crippen LogP contribution in [-0.2, 0) is 11.5 Å². The maximum atomic E-state index is 12.1. The number of hydrogen-bond acceptors (Lipinski definition) is 3. The smallest absolute Gasteiger partial charge is 0.350 e. The number of aromatic nitrogens is 2.